The summed E-state index contributed by atoms with van der Waals surface area (Å²) in [5.74, 6) is 1.03. The SMILES string of the molecule is COc1ccc(CNC(=O)CCC(=O)c2ccc(Br)cc2)cc1OC. The van der Waals surface area contributed by atoms with Gasteiger partial charge in [0.15, 0.2) is 17.3 Å². The van der Waals surface area contributed by atoms with E-state index in [9.17, 15) is 9.59 Å². The molecule has 0 aromatic heterocycles. The molecule has 0 aliphatic heterocycles. The summed E-state index contributed by atoms with van der Waals surface area (Å²) in [6.45, 7) is 0.367. The van der Waals surface area contributed by atoms with Crippen LogP contribution in [0.4, 0.5) is 0 Å². The van der Waals surface area contributed by atoms with E-state index in [0.717, 1.165) is 10.0 Å². The lowest BCUT2D eigenvalue weighted by Crippen LogP contribution is -2.23. The fourth-order valence-corrected chi connectivity index (χ4v) is 2.55. The van der Waals surface area contributed by atoms with Crippen molar-refractivity contribution in [1.82, 2.24) is 5.32 Å². The first-order valence-corrected chi connectivity index (χ1v) is 8.59. The number of ether oxygens (including phenoxy) is 2. The van der Waals surface area contributed by atoms with Gasteiger partial charge < -0.3 is 14.8 Å². The summed E-state index contributed by atoms with van der Waals surface area (Å²) in [6.07, 6.45) is 0.335. The number of hydrogen-bond acceptors (Lipinski definition) is 4. The Morgan fingerprint density at radius 3 is 2.28 bits per heavy atom. The summed E-state index contributed by atoms with van der Waals surface area (Å²) in [7, 11) is 3.13. The first-order valence-electron chi connectivity index (χ1n) is 7.80. The summed E-state index contributed by atoms with van der Waals surface area (Å²) in [6, 6.07) is 12.6. The maximum atomic E-state index is 12.1. The van der Waals surface area contributed by atoms with Gasteiger partial charge in [-0.3, -0.25) is 9.59 Å². The smallest absolute Gasteiger partial charge is 0.220 e. The minimum Gasteiger partial charge on any atom is -0.493 e. The minimum atomic E-state index is -0.166. The van der Waals surface area contributed by atoms with E-state index in [-0.39, 0.29) is 24.5 Å². The predicted molar refractivity (Wildman–Crippen MR) is 99.1 cm³/mol. The van der Waals surface area contributed by atoms with Crippen molar-refractivity contribution < 1.29 is 19.1 Å². The fraction of sp³-hybridized carbons (Fsp3) is 0.263. The third-order valence-corrected chi connectivity index (χ3v) is 4.21. The minimum absolute atomic E-state index is 0.0474. The predicted octanol–water partition coefficient (Wildman–Crippen LogP) is 3.75. The normalized spacial score (nSPS) is 10.2. The topological polar surface area (TPSA) is 64.6 Å². The molecular weight excluding hydrogens is 386 g/mol. The van der Waals surface area contributed by atoms with E-state index >= 15 is 0 Å². The molecule has 0 spiro atoms. The van der Waals surface area contributed by atoms with E-state index in [1.54, 1.807) is 32.4 Å². The zero-order chi connectivity index (χ0) is 18.2. The van der Waals surface area contributed by atoms with Crippen LogP contribution in [-0.4, -0.2) is 25.9 Å². The number of methoxy groups -OCH3 is 2. The van der Waals surface area contributed by atoms with Gasteiger partial charge in [-0.25, -0.2) is 0 Å². The highest BCUT2D eigenvalue weighted by molar-refractivity contribution is 9.10. The molecule has 0 saturated carbocycles. The number of benzene rings is 2. The molecule has 0 fully saturated rings. The zero-order valence-electron chi connectivity index (χ0n) is 14.2. The van der Waals surface area contributed by atoms with Crippen LogP contribution in [-0.2, 0) is 11.3 Å². The van der Waals surface area contributed by atoms with Crippen molar-refractivity contribution in [2.75, 3.05) is 14.2 Å². The van der Waals surface area contributed by atoms with E-state index in [0.29, 0.717) is 23.6 Å². The quantitative estimate of drug-likeness (QED) is 0.679. The van der Waals surface area contributed by atoms with Crippen LogP contribution in [0.25, 0.3) is 0 Å². The van der Waals surface area contributed by atoms with Gasteiger partial charge >= 0.3 is 0 Å². The van der Waals surface area contributed by atoms with Gasteiger partial charge in [-0.05, 0) is 29.8 Å². The number of halogens is 1. The van der Waals surface area contributed by atoms with Gasteiger partial charge in [0.05, 0.1) is 14.2 Å². The summed E-state index contributed by atoms with van der Waals surface area (Å²) in [4.78, 5) is 24.0. The Balaban J connectivity index is 1.82. The van der Waals surface area contributed by atoms with Gasteiger partial charge in [0.2, 0.25) is 5.91 Å². The molecule has 0 radical (unpaired) electrons. The molecule has 0 bridgehead atoms. The first-order chi connectivity index (χ1) is 12.0. The Bertz CT molecular complexity index is 744. The highest BCUT2D eigenvalue weighted by atomic mass is 79.9. The average Bonchev–Trinajstić information content (AvgIpc) is 2.64. The Hall–Kier alpha value is -2.34. The molecule has 0 saturated heterocycles. The molecule has 0 aliphatic rings. The van der Waals surface area contributed by atoms with E-state index in [1.165, 1.54) is 0 Å². The molecule has 2 rings (SSSR count). The Kier molecular flexibility index (Phi) is 7.01. The molecule has 1 N–H and O–H groups in total. The number of carbonyl (C=O) groups is 2. The monoisotopic (exact) mass is 405 g/mol. The van der Waals surface area contributed by atoms with E-state index in [1.807, 2.05) is 24.3 Å². The number of amides is 1. The molecule has 0 heterocycles. The standard InChI is InChI=1S/C19H20BrNO4/c1-24-17-9-3-13(11-18(17)25-2)12-21-19(23)10-8-16(22)14-4-6-15(20)7-5-14/h3-7,9,11H,8,10,12H2,1-2H3,(H,21,23). The Labute approximate surface area is 155 Å². The molecule has 1 amide bonds. The van der Waals surface area contributed by atoms with Gasteiger partial charge in [0.25, 0.3) is 0 Å². The lowest BCUT2D eigenvalue weighted by Gasteiger charge is -2.10. The van der Waals surface area contributed by atoms with Crippen molar-refractivity contribution in [1.29, 1.82) is 0 Å². The van der Waals surface area contributed by atoms with Gasteiger partial charge in [0, 0.05) is 29.4 Å². The maximum absolute atomic E-state index is 12.1. The second-order valence-corrected chi connectivity index (χ2v) is 6.31. The van der Waals surface area contributed by atoms with E-state index < -0.39 is 0 Å². The van der Waals surface area contributed by atoms with Crippen molar-refractivity contribution >= 4 is 27.6 Å². The van der Waals surface area contributed by atoms with E-state index in [2.05, 4.69) is 21.2 Å². The number of Topliss-reactive ketones (excluding diaryl/α,β-unsaturated/α-hetero) is 1. The zero-order valence-corrected chi connectivity index (χ0v) is 15.8. The molecule has 0 unspecified atom stereocenters. The highest BCUT2D eigenvalue weighted by Crippen LogP contribution is 2.27. The number of carbonyl (C=O) groups excluding carboxylic acids is 2. The maximum Gasteiger partial charge on any atom is 0.220 e. The van der Waals surface area contributed by atoms with Crippen LogP contribution >= 0.6 is 15.9 Å². The van der Waals surface area contributed by atoms with Crippen LogP contribution in [0.15, 0.2) is 46.9 Å². The Morgan fingerprint density at radius 1 is 0.960 bits per heavy atom. The summed E-state index contributed by atoms with van der Waals surface area (Å²) in [5, 5.41) is 2.81. The fourth-order valence-electron chi connectivity index (χ4n) is 2.29. The molecule has 132 valence electrons. The number of ketones is 1. The summed E-state index contributed by atoms with van der Waals surface area (Å²) < 4.78 is 11.3. The van der Waals surface area contributed by atoms with Crippen molar-refractivity contribution in [3.8, 4) is 11.5 Å². The van der Waals surface area contributed by atoms with Crippen molar-refractivity contribution in [2.45, 2.75) is 19.4 Å². The lowest BCUT2D eigenvalue weighted by molar-refractivity contribution is -0.121. The van der Waals surface area contributed by atoms with Crippen LogP contribution in [0.5, 0.6) is 11.5 Å². The molecule has 2 aromatic rings. The molecule has 6 heteroatoms. The van der Waals surface area contributed by atoms with Crippen molar-refractivity contribution in [2.24, 2.45) is 0 Å². The van der Waals surface area contributed by atoms with Crippen LogP contribution in [0.1, 0.15) is 28.8 Å². The van der Waals surface area contributed by atoms with Gasteiger partial charge in [-0.1, -0.05) is 34.1 Å². The number of nitrogens with one attached hydrogen (secondary N) is 1. The van der Waals surface area contributed by atoms with Crippen molar-refractivity contribution in [3.63, 3.8) is 0 Å². The van der Waals surface area contributed by atoms with Gasteiger partial charge in [0.1, 0.15) is 0 Å². The third kappa shape index (κ3) is 5.60. The van der Waals surface area contributed by atoms with Crippen molar-refractivity contribution in [3.05, 3.63) is 58.1 Å². The van der Waals surface area contributed by atoms with Gasteiger partial charge in [-0.15, -0.1) is 0 Å². The third-order valence-electron chi connectivity index (χ3n) is 3.68. The summed E-state index contributed by atoms with van der Waals surface area (Å²) in [5.41, 5.74) is 1.50. The molecule has 25 heavy (non-hydrogen) atoms. The van der Waals surface area contributed by atoms with Gasteiger partial charge in [-0.2, -0.15) is 0 Å². The van der Waals surface area contributed by atoms with E-state index in [4.69, 9.17) is 9.47 Å². The largest absolute Gasteiger partial charge is 0.493 e. The first kappa shape index (κ1) is 19.0. The van der Waals surface area contributed by atoms with Crippen LogP contribution in [0.2, 0.25) is 0 Å². The lowest BCUT2D eigenvalue weighted by atomic mass is 10.1. The highest BCUT2D eigenvalue weighted by Gasteiger charge is 2.10. The van der Waals surface area contributed by atoms with Crippen LogP contribution in [0.3, 0.4) is 0 Å². The number of hydrogen-bond donors (Lipinski definition) is 1. The van der Waals surface area contributed by atoms with Crippen LogP contribution < -0.4 is 14.8 Å². The van der Waals surface area contributed by atoms with Crippen LogP contribution in [0, 0.1) is 0 Å². The average molecular weight is 406 g/mol. The molecular formula is C19H20BrNO4. The Morgan fingerprint density at radius 2 is 1.64 bits per heavy atom. The molecule has 0 aliphatic carbocycles. The second kappa shape index (κ2) is 9.22. The number of rotatable bonds is 8. The molecule has 0 atom stereocenters. The summed E-state index contributed by atoms with van der Waals surface area (Å²) >= 11 is 3.33. The second-order valence-electron chi connectivity index (χ2n) is 5.40. The molecule has 5 nitrogen and oxygen atoms in total. The molecule has 2 aromatic carbocycles.